The van der Waals surface area contributed by atoms with Crippen LogP contribution >= 0.6 is 24.8 Å². The molecule has 0 aromatic heterocycles. The number of ether oxygens (including phenoxy) is 3. The lowest BCUT2D eigenvalue weighted by Crippen LogP contribution is -3.00. The van der Waals surface area contributed by atoms with Crippen LogP contribution in [-0.4, -0.2) is 107 Å². The number of aliphatic hydroxyl groups is 1. The fourth-order valence-corrected chi connectivity index (χ4v) is 9.57. The largest absolute Gasteiger partial charge is 1.00 e. The highest BCUT2D eigenvalue weighted by Gasteiger charge is 2.64. The van der Waals surface area contributed by atoms with Gasteiger partial charge >= 0.3 is 11.9 Å². The number of carbonyl (C=O) groups is 2. The highest BCUT2D eigenvalue weighted by molar-refractivity contribution is 5.85. The number of hydrogen-bond donors (Lipinski definition) is 5. The Bertz CT molecular complexity index is 1250. The molecule has 2 fully saturated rings. The third-order valence-electron chi connectivity index (χ3n) is 12.3. The molecule has 0 bridgehead atoms. The van der Waals surface area contributed by atoms with Crippen LogP contribution in [0.3, 0.4) is 0 Å². The SMILES string of the molecule is CC[C@H]1C=CCC[C@@]2(C[C@@H]3CC[C@@H]4[C@H](C(=O)OCCCCCCCCCCCC(=O)N(CCCN)C[C@@H](O)CCN)[C@]5(CCC[C@@H](C)O5)NC(=[N+]34)N2)O1.Cl.Cl.[Cl-]. The zero-order valence-corrected chi connectivity index (χ0v) is 36.6. The number of unbranched alkanes of at least 4 members (excludes halogenated alkanes) is 8. The Morgan fingerprint density at radius 1 is 0.982 bits per heavy atom. The van der Waals surface area contributed by atoms with E-state index in [1.54, 1.807) is 4.90 Å². The van der Waals surface area contributed by atoms with Crippen molar-refractivity contribution >= 4 is 42.7 Å². The van der Waals surface area contributed by atoms with Crippen molar-refractivity contribution < 1.29 is 45.9 Å². The normalized spacial score (nSPS) is 29.5. The number of guanidine groups is 1. The summed E-state index contributed by atoms with van der Waals surface area (Å²) in [6.45, 7) is 6.63. The number of esters is 1. The molecule has 0 aromatic carbocycles. The van der Waals surface area contributed by atoms with E-state index in [9.17, 15) is 14.7 Å². The molecule has 326 valence electrons. The number of halogens is 3. The van der Waals surface area contributed by atoms with Gasteiger partial charge in [0.15, 0.2) is 11.6 Å². The van der Waals surface area contributed by atoms with Gasteiger partial charge in [-0.25, -0.2) is 10.6 Å². The molecule has 15 heteroatoms. The van der Waals surface area contributed by atoms with Crippen LogP contribution in [0.4, 0.5) is 0 Å². The van der Waals surface area contributed by atoms with Crippen molar-refractivity contribution in [2.24, 2.45) is 17.4 Å². The van der Waals surface area contributed by atoms with E-state index in [0.29, 0.717) is 51.7 Å². The molecule has 0 aliphatic carbocycles. The number of amides is 1. The Morgan fingerprint density at radius 3 is 2.38 bits per heavy atom. The first kappa shape index (κ1) is 50.8. The number of nitrogens with two attached hydrogens (primary N) is 2. The molecule has 8 atom stereocenters. The van der Waals surface area contributed by atoms with Crippen LogP contribution in [0, 0.1) is 5.92 Å². The van der Waals surface area contributed by atoms with Crippen LogP contribution in [0.25, 0.3) is 0 Å². The van der Waals surface area contributed by atoms with Gasteiger partial charge in [-0.1, -0.05) is 64.0 Å². The molecule has 0 unspecified atom stereocenters. The summed E-state index contributed by atoms with van der Waals surface area (Å²) >= 11 is 0. The maximum absolute atomic E-state index is 14.0. The first-order chi connectivity index (χ1) is 25.7. The molecule has 0 aromatic rings. The lowest BCUT2D eigenvalue weighted by Gasteiger charge is -2.50. The number of nitrogens with one attached hydrogen (secondary N) is 2. The van der Waals surface area contributed by atoms with Crippen LogP contribution in [-0.2, 0) is 23.8 Å². The van der Waals surface area contributed by atoms with E-state index in [1.807, 2.05) is 0 Å². The van der Waals surface area contributed by atoms with Crippen LogP contribution in [0.15, 0.2) is 12.2 Å². The van der Waals surface area contributed by atoms with Crippen LogP contribution in [0.2, 0.25) is 0 Å². The highest BCUT2D eigenvalue weighted by atomic mass is 35.5. The Kier molecular flexibility index (Phi) is 22.9. The molecule has 1 amide bonds. The first-order valence-corrected chi connectivity index (χ1v) is 21.5. The Balaban J connectivity index is 0.00000361. The molecule has 5 rings (SSSR count). The molecule has 7 N–H and O–H groups in total. The van der Waals surface area contributed by atoms with Crippen molar-refractivity contribution in [2.75, 3.05) is 32.8 Å². The van der Waals surface area contributed by atoms with Crippen molar-refractivity contribution in [2.45, 2.75) is 191 Å². The van der Waals surface area contributed by atoms with Gasteiger partial charge in [-0.15, -0.1) is 24.8 Å². The number of rotatable bonds is 21. The second-order valence-electron chi connectivity index (χ2n) is 16.5. The third kappa shape index (κ3) is 13.6. The van der Waals surface area contributed by atoms with Gasteiger partial charge in [-0.05, 0) is 84.2 Å². The Labute approximate surface area is 355 Å². The smallest absolute Gasteiger partial charge is 0.350 e. The molecule has 2 spiro atoms. The van der Waals surface area contributed by atoms with Gasteiger partial charge in [0.1, 0.15) is 0 Å². The molecule has 12 nitrogen and oxygen atoms in total. The van der Waals surface area contributed by atoms with Gasteiger partial charge in [0, 0.05) is 38.8 Å². The van der Waals surface area contributed by atoms with Crippen LogP contribution in [0.5, 0.6) is 0 Å². The minimum Gasteiger partial charge on any atom is -1.00 e. The molecule has 0 radical (unpaired) electrons. The highest BCUT2D eigenvalue weighted by Crippen LogP contribution is 2.45. The van der Waals surface area contributed by atoms with Gasteiger partial charge < -0.3 is 48.1 Å². The first-order valence-electron chi connectivity index (χ1n) is 21.5. The van der Waals surface area contributed by atoms with Gasteiger partial charge in [0.05, 0.1) is 37.0 Å². The molecule has 56 heavy (non-hydrogen) atoms. The van der Waals surface area contributed by atoms with E-state index in [-0.39, 0.29) is 73.3 Å². The zero-order chi connectivity index (χ0) is 37.7. The third-order valence-corrected chi connectivity index (χ3v) is 12.3. The van der Waals surface area contributed by atoms with E-state index in [2.05, 4.69) is 41.2 Å². The minimum absolute atomic E-state index is 0. The van der Waals surface area contributed by atoms with E-state index in [1.165, 1.54) is 19.3 Å². The lowest BCUT2D eigenvalue weighted by atomic mass is 9.80. The van der Waals surface area contributed by atoms with Crippen molar-refractivity contribution in [3.05, 3.63) is 12.2 Å². The van der Waals surface area contributed by atoms with E-state index in [0.717, 1.165) is 109 Å². The zero-order valence-electron chi connectivity index (χ0n) is 34.2. The summed E-state index contributed by atoms with van der Waals surface area (Å²) in [5.41, 5.74) is 10.0. The monoisotopic (exact) mass is 852 g/mol. The van der Waals surface area contributed by atoms with E-state index < -0.39 is 17.6 Å². The van der Waals surface area contributed by atoms with Crippen molar-refractivity contribution in [1.82, 2.24) is 15.5 Å². The second kappa shape index (κ2) is 25.3. The fourth-order valence-electron chi connectivity index (χ4n) is 9.57. The number of carbonyl (C=O) groups excluding carboxylic acids is 2. The summed E-state index contributed by atoms with van der Waals surface area (Å²) in [6.07, 6.45) is 24.0. The van der Waals surface area contributed by atoms with Crippen LogP contribution in [0.1, 0.15) is 149 Å². The average molecular weight is 854 g/mol. The summed E-state index contributed by atoms with van der Waals surface area (Å²) < 4.78 is 22.1. The number of aliphatic hydroxyl groups excluding tert-OH is 1. The summed E-state index contributed by atoms with van der Waals surface area (Å²) in [6, 6.07) is 0.367. The van der Waals surface area contributed by atoms with Crippen molar-refractivity contribution in [1.29, 1.82) is 0 Å². The molecule has 5 aliphatic heterocycles. The van der Waals surface area contributed by atoms with Gasteiger partial charge in [0.25, 0.3) is 0 Å². The van der Waals surface area contributed by atoms with Gasteiger partial charge in [0.2, 0.25) is 11.6 Å². The van der Waals surface area contributed by atoms with E-state index >= 15 is 0 Å². The maximum atomic E-state index is 14.0. The standard InChI is InChI=1S/C41H72N6O6.3ClH/c1-3-34-18-12-13-23-40(53-34)29-32-20-21-35-37(41(24-15-17-31(2)52-41)45-39(44-40)47(32)35)38(50)51-28-14-10-8-6-4-5-7-9-11-19-36(49)46(27-16-25-42)30-33(48)22-26-43;;;/h12,18,31-35,37,48H,3-11,13-17,19-30,42-43H2,1-2H3,(H,44,45);3*1H/t31-,32+,33+,34+,35-,37-,40+,41-;;;/m1.../s1. The summed E-state index contributed by atoms with van der Waals surface area (Å²) in [5.74, 6) is 0.588. The minimum atomic E-state index is -0.775. The number of allylic oxidation sites excluding steroid dienone is 1. The number of nitrogens with zero attached hydrogens (tertiary/aromatic N) is 2. The predicted octanol–water partition coefficient (Wildman–Crippen LogP) is 2.40. The number of hydrogen-bond acceptors (Lipinski definition) is 10. The summed E-state index contributed by atoms with van der Waals surface area (Å²) in [7, 11) is 0. The molecule has 2 saturated heterocycles. The fraction of sp³-hybridized carbons (Fsp3) is 0.878. The quantitative estimate of drug-likeness (QED) is 0.0502. The molecular formula is C41H75Cl3N6O6. The molecule has 5 heterocycles. The van der Waals surface area contributed by atoms with Gasteiger partial charge in [-0.3, -0.25) is 14.2 Å². The summed E-state index contributed by atoms with van der Waals surface area (Å²) in [4.78, 5) is 28.5. The van der Waals surface area contributed by atoms with Crippen molar-refractivity contribution in [3.63, 3.8) is 0 Å². The topological polar surface area (TPSA) is 164 Å². The maximum Gasteiger partial charge on any atom is 0.350 e. The molecule has 5 aliphatic rings. The van der Waals surface area contributed by atoms with Crippen LogP contribution < -0.4 is 34.5 Å². The second-order valence-corrected chi connectivity index (χ2v) is 16.5. The molecule has 0 saturated carbocycles. The Hall–Kier alpha value is -1.38. The van der Waals surface area contributed by atoms with E-state index in [4.69, 9.17) is 25.7 Å². The predicted molar refractivity (Wildman–Crippen MR) is 221 cm³/mol. The molecular weight excluding hydrogens is 779 g/mol. The lowest BCUT2D eigenvalue weighted by molar-refractivity contribution is -0.609. The van der Waals surface area contributed by atoms with Gasteiger partial charge in [-0.2, -0.15) is 0 Å². The van der Waals surface area contributed by atoms with Crippen molar-refractivity contribution in [3.8, 4) is 0 Å². The average Bonchev–Trinajstić information content (AvgIpc) is 3.44. The Morgan fingerprint density at radius 2 is 1.70 bits per heavy atom. The summed E-state index contributed by atoms with van der Waals surface area (Å²) in [5, 5.41) is 17.8.